The summed E-state index contributed by atoms with van der Waals surface area (Å²) in [6.45, 7) is 2.81. The fraction of sp³-hybridized carbons (Fsp3) is 0.273. The zero-order valence-corrected chi connectivity index (χ0v) is 11.8. The molecule has 0 atom stereocenters. The molecule has 2 aromatic heterocycles. The summed E-state index contributed by atoms with van der Waals surface area (Å²) in [7, 11) is 0. The van der Waals surface area contributed by atoms with E-state index in [1.165, 1.54) is 4.88 Å². The van der Waals surface area contributed by atoms with Crippen molar-refractivity contribution < 1.29 is 0 Å². The predicted octanol–water partition coefficient (Wildman–Crippen LogP) is 3.06. The molecule has 0 saturated heterocycles. The van der Waals surface area contributed by atoms with E-state index in [-0.39, 0.29) is 0 Å². The molecule has 0 bridgehead atoms. The van der Waals surface area contributed by atoms with E-state index in [1.807, 2.05) is 6.20 Å². The van der Waals surface area contributed by atoms with Gasteiger partial charge in [-0.25, -0.2) is 4.98 Å². The summed E-state index contributed by atoms with van der Waals surface area (Å²) in [5.74, 6) is 0. The van der Waals surface area contributed by atoms with E-state index in [1.54, 1.807) is 23.7 Å². The van der Waals surface area contributed by atoms with Gasteiger partial charge in [0, 0.05) is 17.3 Å². The first-order valence-electron chi connectivity index (χ1n) is 5.27. The molecule has 4 nitrogen and oxygen atoms in total. The maximum absolute atomic E-state index is 5.84. The summed E-state index contributed by atoms with van der Waals surface area (Å²) in [6, 6.07) is 0. The first kappa shape index (κ1) is 12.3. The number of rotatable bonds is 4. The van der Waals surface area contributed by atoms with Crippen LogP contribution in [0.3, 0.4) is 0 Å². The van der Waals surface area contributed by atoms with Gasteiger partial charge in [0.15, 0.2) is 0 Å². The number of nitrogens with two attached hydrogens (primary N) is 1. The number of nitrogens with zero attached hydrogens (tertiary/aromatic N) is 2. The molecule has 17 heavy (non-hydrogen) atoms. The molecule has 2 aromatic rings. The highest BCUT2D eigenvalue weighted by Gasteiger charge is 2.06. The Morgan fingerprint density at radius 2 is 2.24 bits per heavy atom. The highest BCUT2D eigenvalue weighted by atomic mass is 79.9. The molecule has 0 aromatic carbocycles. The Morgan fingerprint density at radius 3 is 2.88 bits per heavy atom. The standard InChI is InChI=1S/C11H13BrN4S/c1-2-7-3-15-10(17-7)6-16-11-8(12)4-14-5-9(11)13/h3-5H,2,6,13H2,1H3,(H,14,16). The lowest BCUT2D eigenvalue weighted by Gasteiger charge is -2.09. The molecule has 3 N–H and O–H groups in total. The topological polar surface area (TPSA) is 63.8 Å². The Bertz CT molecular complexity index is 492. The van der Waals surface area contributed by atoms with Gasteiger partial charge in [-0.05, 0) is 22.4 Å². The van der Waals surface area contributed by atoms with Crippen LogP contribution < -0.4 is 11.1 Å². The van der Waals surface area contributed by atoms with Gasteiger partial charge in [0.1, 0.15) is 5.01 Å². The van der Waals surface area contributed by atoms with Gasteiger partial charge in [-0.1, -0.05) is 6.92 Å². The summed E-state index contributed by atoms with van der Waals surface area (Å²) >= 11 is 5.14. The van der Waals surface area contributed by atoms with Crippen molar-refractivity contribution in [2.75, 3.05) is 11.1 Å². The van der Waals surface area contributed by atoms with Gasteiger partial charge in [0.2, 0.25) is 0 Å². The summed E-state index contributed by atoms with van der Waals surface area (Å²) < 4.78 is 0.866. The van der Waals surface area contributed by atoms with Gasteiger partial charge in [-0.3, -0.25) is 4.98 Å². The second kappa shape index (κ2) is 5.46. The third-order valence-electron chi connectivity index (χ3n) is 2.30. The van der Waals surface area contributed by atoms with E-state index in [9.17, 15) is 0 Å². The lowest BCUT2D eigenvalue weighted by atomic mass is 10.3. The number of aromatic nitrogens is 2. The van der Waals surface area contributed by atoms with Crippen LogP contribution in [0.5, 0.6) is 0 Å². The van der Waals surface area contributed by atoms with Gasteiger partial charge in [0.05, 0.1) is 28.6 Å². The first-order valence-corrected chi connectivity index (χ1v) is 6.88. The smallest absolute Gasteiger partial charge is 0.112 e. The van der Waals surface area contributed by atoms with Crippen molar-refractivity contribution in [3.05, 3.63) is 32.9 Å². The van der Waals surface area contributed by atoms with Gasteiger partial charge in [-0.2, -0.15) is 0 Å². The number of anilines is 2. The second-order valence-corrected chi connectivity index (χ2v) is 5.57. The normalized spacial score (nSPS) is 10.5. The van der Waals surface area contributed by atoms with Crippen molar-refractivity contribution in [3.8, 4) is 0 Å². The zero-order valence-electron chi connectivity index (χ0n) is 9.40. The van der Waals surface area contributed by atoms with Crippen molar-refractivity contribution in [2.45, 2.75) is 19.9 Å². The molecule has 0 fully saturated rings. The van der Waals surface area contributed by atoms with Crippen LogP contribution in [0.4, 0.5) is 11.4 Å². The molecule has 0 aliphatic heterocycles. The number of hydrogen-bond donors (Lipinski definition) is 2. The van der Waals surface area contributed by atoms with E-state index in [4.69, 9.17) is 5.73 Å². The monoisotopic (exact) mass is 312 g/mol. The minimum Gasteiger partial charge on any atom is -0.396 e. The Labute approximate surface area is 112 Å². The van der Waals surface area contributed by atoms with Gasteiger partial charge in [-0.15, -0.1) is 11.3 Å². The van der Waals surface area contributed by atoms with Crippen molar-refractivity contribution in [1.82, 2.24) is 9.97 Å². The number of thiazole rings is 1. The molecular weight excluding hydrogens is 300 g/mol. The molecule has 2 rings (SSSR count). The largest absolute Gasteiger partial charge is 0.396 e. The number of aryl methyl sites for hydroxylation is 1. The van der Waals surface area contributed by atoms with Gasteiger partial charge >= 0.3 is 0 Å². The lowest BCUT2D eigenvalue weighted by molar-refractivity contribution is 1.09. The lowest BCUT2D eigenvalue weighted by Crippen LogP contribution is -2.03. The highest BCUT2D eigenvalue weighted by molar-refractivity contribution is 9.10. The molecule has 0 aliphatic carbocycles. The van der Waals surface area contributed by atoms with Crippen LogP contribution in [0, 0.1) is 0 Å². The van der Waals surface area contributed by atoms with Crippen molar-refractivity contribution in [2.24, 2.45) is 0 Å². The molecule has 90 valence electrons. The maximum atomic E-state index is 5.84. The number of nitrogen functional groups attached to an aromatic ring is 1. The van der Waals surface area contributed by atoms with Gasteiger partial charge in [0.25, 0.3) is 0 Å². The fourth-order valence-corrected chi connectivity index (χ4v) is 2.68. The molecule has 0 aliphatic rings. The highest BCUT2D eigenvalue weighted by Crippen LogP contribution is 2.27. The van der Waals surface area contributed by atoms with E-state index in [0.29, 0.717) is 12.2 Å². The van der Waals surface area contributed by atoms with Crippen LogP contribution in [0.1, 0.15) is 16.8 Å². The molecule has 6 heteroatoms. The molecule has 0 radical (unpaired) electrons. The summed E-state index contributed by atoms with van der Waals surface area (Å²) in [5.41, 5.74) is 7.34. The van der Waals surface area contributed by atoms with Crippen LogP contribution in [0.15, 0.2) is 23.1 Å². The molecule has 0 saturated carbocycles. The van der Waals surface area contributed by atoms with E-state index < -0.39 is 0 Å². The Balaban J connectivity index is 2.07. The number of hydrogen-bond acceptors (Lipinski definition) is 5. The number of nitrogens with one attached hydrogen (secondary N) is 1. The molecule has 0 amide bonds. The molecule has 2 heterocycles. The third-order valence-corrected chi connectivity index (χ3v) is 4.04. The minimum absolute atomic E-state index is 0.631. The quantitative estimate of drug-likeness (QED) is 0.910. The number of halogens is 1. The van der Waals surface area contributed by atoms with Crippen molar-refractivity contribution in [3.63, 3.8) is 0 Å². The predicted molar refractivity (Wildman–Crippen MR) is 75.2 cm³/mol. The van der Waals surface area contributed by atoms with Crippen LogP contribution in [-0.4, -0.2) is 9.97 Å². The minimum atomic E-state index is 0.631. The summed E-state index contributed by atoms with van der Waals surface area (Å²) in [4.78, 5) is 9.63. The summed E-state index contributed by atoms with van der Waals surface area (Å²) in [5, 5.41) is 4.33. The van der Waals surface area contributed by atoms with E-state index in [2.05, 4.69) is 38.1 Å². The average Bonchev–Trinajstić information content (AvgIpc) is 2.76. The van der Waals surface area contributed by atoms with Crippen molar-refractivity contribution in [1.29, 1.82) is 0 Å². The molecule has 0 spiro atoms. The Hall–Kier alpha value is -1.14. The average molecular weight is 313 g/mol. The van der Waals surface area contributed by atoms with Crippen molar-refractivity contribution >= 4 is 38.6 Å². The molecule has 0 unspecified atom stereocenters. The Kier molecular flexibility index (Phi) is 3.96. The van der Waals surface area contributed by atoms with E-state index in [0.717, 1.165) is 21.6 Å². The second-order valence-electron chi connectivity index (χ2n) is 3.51. The zero-order chi connectivity index (χ0) is 12.3. The SMILES string of the molecule is CCc1cnc(CNc2c(N)cncc2Br)s1. The third kappa shape index (κ3) is 2.95. The van der Waals surface area contributed by atoms with Crippen LogP contribution in [0.2, 0.25) is 0 Å². The number of pyridine rings is 1. The molecular formula is C11H13BrN4S. The maximum Gasteiger partial charge on any atom is 0.112 e. The van der Waals surface area contributed by atoms with Crippen LogP contribution >= 0.6 is 27.3 Å². The summed E-state index contributed by atoms with van der Waals surface area (Å²) in [6.07, 6.45) is 6.30. The van der Waals surface area contributed by atoms with Crippen LogP contribution in [0.25, 0.3) is 0 Å². The van der Waals surface area contributed by atoms with E-state index >= 15 is 0 Å². The van der Waals surface area contributed by atoms with Gasteiger partial charge < -0.3 is 11.1 Å². The first-order chi connectivity index (χ1) is 8.20. The van der Waals surface area contributed by atoms with Crippen LogP contribution in [-0.2, 0) is 13.0 Å². The fourth-order valence-electron chi connectivity index (χ4n) is 1.39. The Morgan fingerprint density at radius 1 is 1.41 bits per heavy atom.